The van der Waals surface area contributed by atoms with Gasteiger partial charge in [-0.05, 0) is 29.8 Å². The molecule has 0 atom stereocenters. The summed E-state index contributed by atoms with van der Waals surface area (Å²) >= 11 is 5.90. The van der Waals surface area contributed by atoms with Gasteiger partial charge in [-0.3, -0.25) is 10.1 Å². The summed E-state index contributed by atoms with van der Waals surface area (Å²) in [7, 11) is 1.52. The van der Waals surface area contributed by atoms with Crippen molar-refractivity contribution in [3.8, 4) is 5.75 Å². The first-order chi connectivity index (χ1) is 9.99. The molecule has 0 spiro atoms. The Bertz CT molecular complexity index is 679. The number of nitrogens with zero attached hydrogens (tertiary/aromatic N) is 1. The second-order valence-corrected chi connectivity index (χ2v) is 4.71. The Balaban J connectivity index is 2.20. The van der Waals surface area contributed by atoms with Gasteiger partial charge in [-0.1, -0.05) is 11.6 Å². The molecule has 2 aromatic carbocycles. The maximum Gasteiger partial charge on any atom is 0.272 e. The van der Waals surface area contributed by atoms with Gasteiger partial charge in [0.2, 0.25) is 0 Å². The van der Waals surface area contributed by atoms with Gasteiger partial charge in [0.1, 0.15) is 11.6 Å². The average molecular weight is 311 g/mol. The fourth-order valence-electron chi connectivity index (χ4n) is 1.86. The highest BCUT2D eigenvalue weighted by atomic mass is 35.5. The summed E-state index contributed by atoms with van der Waals surface area (Å²) in [6.45, 7) is 0.204. The van der Waals surface area contributed by atoms with Crippen molar-refractivity contribution in [2.75, 3.05) is 12.4 Å². The first kappa shape index (κ1) is 15.1. The summed E-state index contributed by atoms with van der Waals surface area (Å²) in [4.78, 5) is 10.1. The monoisotopic (exact) mass is 310 g/mol. The number of nitrogens with one attached hydrogen (secondary N) is 1. The summed E-state index contributed by atoms with van der Waals surface area (Å²) in [5, 5.41) is 14.2. The topological polar surface area (TPSA) is 64.4 Å². The highest BCUT2D eigenvalue weighted by Gasteiger charge is 2.10. The summed E-state index contributed by atoms with van der Waals surface area (Å²) in [5.74, 6) is -0.0793. The lowest BCUT2D eigenvalue weighted by Gasteiger charge is -2.11. The van der Waals surface area contributed by atoms with E-state index >= 15 is 0 Å². The van der Waals surface area contributed by atoms with Gasteiger partial charge in [-0.15, -0.1) is 0 Å². The van der Waals surface area contributed by atoms with Crippen LogP contribution in [0.3, 0.4) is 0 Å². The molecule has 7 heteroatoms. The lowest BCUT2D eigenvalue weighted by atomic mass is 10.2. The average Bonchev–Trinajstić information content (AvgIpc) is 2.44. The van der Waals surface area contributed by atoms with Crippen molar-refractivity contribution in [1.29, 1.82) is 0 Å². The number of halogens is 2. The quantitative estimate of drug-likeness (QED) is 0.669. The largest absolute Gasteiger partial charge is 0.495 e. The molecule has 0 saturated carbocycles. The van der Waals surface area contributed by atoms with Gasteiger partial charge >= 0.3 is 0 Å². The Hall–Kier alpha value is -2.34. The van der Waals surface area contributed by atoms with Gasteiger partial charge in [0.15, 0.2) is 0 Å². The number of nitro benzene ring substituents is 1. The normalized spacial score (nSPS) is 10.2. The molecule has 0 bridgehead atoms. The van der Waals surface area contributed by atoms with Crippen LogP contribution in [-0.2, 0) is 6.54 Å². The Morgan fingerprint density at radius 2 is 2.10 bits per heavy atom. The Morgan fingerprint density at radius 3 is 2.76 bits per heavy atom. The number of non-ortho nitro benzene ring substituents is 1. The van der Waals surface area contributed by atoms with Crippen LogP contribution >= 0.6 is 11.6 Å². The van der Waals surface area contributed by atoms with Gasteiger partial charge in [-0.25, -0.2) is 4.39 Å². The zero-order valence-corrected chi connectivity index (χ0v) is 11.9. The molecule has 5 nitrogen and oxygen atoms in total. The van der Waals surface area contributed by atoms with Gasteiger partial charge in [-0.2, -0.15) is 0 Å². The number of nitro groups is 1. The van der Waals surface area contributed by atoms with E-state index in [1.54, 1.807) is 18.2 Å². The number of ether oxygens (including phenoxy) is 1. The molecule has 1 N–H and O–H groups in total. The predicted molar refractivity (Wildman–Crippen MR) is 78.4 cm³/mol. The van der Waals surface area contributed by atoms with Crippen LogP contribution in [0.15, 0.2) is 36.4 Å². The first-order valence-corrected chi connectivity index (χ1v) is 6.38. The molecule has 110 valence electrons. The number of hydrogen-bond donors (Lipinski definition) is 1. The van der Waals surface area contributed by atoms with E-state index in [9.17, 15) is 14.5 Å². The van der Waals surface area contributed by atoms with E-state index in [-0.39, 0.29) is 12.2 Å². The molecule has 2 aromatic rings. The second-order valence-electron chi connectivity index (χ2n) is 4.27. The fraction of sp³-hybridized carbons (Fsp3) is 0.143. The lowest BCUT2D eigenvalue weighted by Crippen LogP contribution is -2.02. The third kappa shape index (κ3) is 3.82. The molecule has 21 heavy (non-hydrogen) atoms. The van der Waals surface area contributed by atoms with Gasteiger partial charge in [0.25, 0.3) is 5.69 Å². The predicted octanol–water partition coefficient (Wildman–Crippen LogP) is 4.01. The molecule has 0 aliphatic heterocycles. The number of hydrogen-bond acceptors (Lipinski definition) is 4. The number of methoxy groups -OCH3 is 1. The van der Waals surface area contributed by atoms with Crippen LogP contribution in [0.5, 0.6) is 5.75 Å². The highest BCUT2D eigenvalue weighted by Crippen LogP contribution is 2.28. The van der Waals surface area contributed by atoms with Crippen molar-refractivity contribution in [3.05, 3.63) is 62.9 Å². The first-order valence-electron chi connectivity index (χ1n) is 6.01. The highest BCUT2D eigenvalue weighted by molar-refractivity contribution is 6.30. The van der Waals surface area contributed by atoms with E-state index in [4.69, 9.17) is 16.3 Å². The van der Waals surface area contributed by atoms with Crippen molar-refractivity contribution >= 4 is 23.0 Å². The Labute approximate surface area is 125 Å². The SMILES string of the molecule is COc1ccc(Cl)cc1NCc1cc(F)cc([N+](=O)[O-])c1. The second kappa shape index (κ2) is 6.41. The van der Waals surface area contributed by atoms with Crippen molar-refractivity contribution < 1.29 is 14.1 Å². The maximum absolute atomic E-state index is 13.3. The summed E-state index contributed by atoms with van der Waals surface area (Å²) < 4.78 is 18.5. The van der Waals surface area contributed by atoms with Crippen LogP contribution in [0.1, 0.15) is 5.56 Å². The Kier molecular flexibility index (Phi) is 4.59. The summed E-state index contributed by atoms with van der Waals surface area (Å²) in [5.41, 5.74) is 0.783. The maximum atomic E-state index is 13.3. The fourth-order valence-corrected chi connectivity index (χ4v) is 2.03. The zero-order valence-electron chi connectivity index (χ0n) is 11.1. The standard InChI is InChI=1S/C14H12ClFN2O3/c1-21-14-3-2-10(15)6-13(14)17-8-9-4-11(16)7-12(5-9)18(19)20/h2-7,17H,8H2,1H3. The zero-order chi connectivity index (χ0) is 15.4. The van der Waals surface area contributed by atoms with E-state index in [1.807, 2.05) is 0 Å². The summed E-state index contributed by atoms with van der Waals surface area (Å²) in [6.07, 6.45) is 0. The molecule has 0 unspecified atom stereocenters. The van der Waals surface area contributed by atoms with Crippen LogP contribution in [0.4, 0.5) is 15.8 Å². The molecule has 0 radical (unpaired) electrons. The molecule has 0 saturated heterocycles. The van der Waals surface area contributed by atoms with Crippen molar-refractivity contribution in [2.24, 2.45) is 0 Å². The van der Waals surface area contributed by atoms with E-state index < -0.39 is 10.7 Å². The van der Waals surface area contributed by atoms with E-state index in [0.717, 1.165) is 6.07 Å². The number of benzene rings is 2. The van der Waals surface area contributed by atoms with Crippen LogP contribution < -0.4 is 10.1 Å². The van der Waals surface area contributed by atoms with Crippen molar-refractivity contribution in [2.45, 2.75) is 6.54 Å². The minimum Gasteiger partial charge on any atom is -0.495 e. The number of rotatable bonds is 5. The molecule has 0 aromatic heterocycles. The minimum absolute atomic E-state index is 0.204. The van der Waals surface area contributed by atoms with E-state index in [2.05, 4.69) is 5.32 Å². The van der Waals surface area contributed by atoms with Crippen LogP contribution in [0.2, 0.25) is 5.02 Å². The minimum atomic E-state index is -0.654. The lowest BCUT2D eigenvalue weighted by molar-refractivity contribution is -0.385. The van der Waals surface area contributed by atoms with Gasteiger partial charge in [0.05, 0.1) is 23.8 Å². The van der Waals surface area contributed by atoms with Gasteiger partial charge < -0.3 is 10.1 Å². The van der Waals surface area contributed by atoms with Crippen LogP contribution in [0, 0.1) is 15.9 Å². The van der Waals surface area contributed by atoms with Crippen LogP contribution in [0.25, 0.3) is 0 Å². The molecular weight excluding hydrogens is 299 g/mol. The molecule has 0 aliphatic carbocycles. The van der Waals surface area contributed by atoms with Crippen molar-refractivity contribution in [3.63, 3.8) is 0 Å². The van der Waals surface area contributed by atoms with Crippen LogP contribution in [-0.4, -0.2) is 12.0 Å². The molecule has 0 amide bonds. The third-order valence-electron chi connectivity index (χ3n) is 2.80. The van der Waals surface area contributed by atoms with E-state index in [0.29, 0.717) is 22.0 Å². The Morgan fingerprint density at radius 1 is 1.33 bits per heavy atom. The van der Waals surface area contributed by atoms with Gasteiger partial charge in [0, 0.05) is 17.6 Å². The molecule has 0 aliphatic rings. The summed E-state index contributed by atoms with van der Waals surface area (Å²) in [6, 6.07) is 8.46. The molecule has 0 heterocycles. The third-order valence-corrected chi connectivity index (χ3v) is 3.03. The smallest absolute Gasteiger partial charge is 0.272 e. The molecule has 2 rings (SSSR count). The molecular formula is C14H12ClFN2O3. The number of anilines is 1. The molecule has 0 fully saturated rings. The van der Waals surface area contributed by atoms with Crippen molar-refractivity contribution in [1.82, 2.24) is 0 Å². The van der Waals surface area contributed by atoms with E-state index in [1.165, 1.54) is 19.2 Å².